The highest BCUT2D eigenvalue weighted by atomic mass is 16.5. The molecule has 0 saturated carbocycles. The van der Waals surface area contributed by atoms with E-state index < -0.39 is 0 Å². The van der Waals surface area contributed by atoms with Gasteiger partial charge in [0, 0.05) is 7.11 Å². The zero-order valence-electron chi connectivity index (χ0n) is 12.4. The second kappa shape index (κ2) is 9.99. The van der Waals surface area contributed by atoms with Gasteiger partial charge < -0.3 is 9.84 Å². The minimum absolute atomic E-state index is 0.307. The Morgan fingerprint density at radius 2 is 1.74 bits per heavy atom. The number of aliphatic hydroxyl groups excluding tert-OH is 1. The SMILES string of the molecule is CCCCCCCC(O)c1ccc(CCOC)cc1. The molecule has 1 atom stereocenters. The highest BCUT2D eigenvalue weighted by Crippen LogP contribution is 2.20. The zero-order valence-corrected chi connectivity index (χ0v) is 12.4. The number of hydrogen-bond donors (Lipinski definition) is 1. The average Bonchev–Trinajstić information content (AvgIpc) is 2.45. The van der Waals surface area contributed by atoms with Gasteiger partial charge in [0.05, 0.1) is 12.7 Å². The molecule has 0 radical (unpaired) electrons. The third-order valence-electron chi connectivity index (χ3n) is 3.54. The van der Waals surface area contributed by atoms with Crippen LogP contribution in [0.3, 0.4) is 0 Å². The van der Waals surface area contributed by atoms with E-state index >= 15 is 0 Å². The molecule has 0 aromatic heterocycles. The van der Waals surface area contributed by atoms with Gasteiger partial charge in [-0.05, 0) is 24.0 Å². The van der Waals surface area contributed by atoms with Crippen LogP contribution in [0.4, 0.5) is 0 Å². The van der Waals surface area contributed by atoms with Gasteiger partial charge in [-0.1, -0.05) is 63.3 Å². The summed E-state index contributed by atoms with van der Waals surface area (Å²) in [5.74, 6) is 0. The topological polar surface area (TPSA) is 29.5 Å². The Bertz CT molecular complexity index is 319. The monoisotopic (exact) mass is 264 g/mol. The molecule has 1 unspecified atom stereocenters. The van der Waals surface area contributed by atoms with E-state index in [1.54, 1.807) is 7.11 Å². The fourth-order valence-corrected chi connectivity index (χ4v) is 2.23. The number of aliphatic hydroxyl groups is 1. The van der Waals surface area contributed by atoms with E-state index in [-0.39, 0.29) is 6.10 Å². The molecule has 2 nitrogen and oxygen atoms in total. The van der Waals surface area contributed by atoms with Crippen LogP contribution in [0.25, 0.3) is 0 Å². The van der Waals surface area contributed by atoms with Crippen LogP contribution in [0, 0.1) is 0 Å². The number of hydrogen-bond acceptors (Lipinski definition) is 2. The fourth-order valence-electron chi connectivity index (χ4n) is 2.23. The highest BCUT2D eigenvalue weighted by Gasteiger charge is 2.06. The number of benzene rings is 1. The van der Waals surface area contributed by atoms with Crippen molar-refractivity contribution < 1.29 is 9.84 Å². The highest BCUT2D eigenvalue weighted by molar-refractivity contribution is 5.24. The van der Waals surface area contributed by atoms with E-state index in [2.05, 4.69) is 19.1 Å². The molecule has 1 rings (SSSR count). The van der Waals surface area contributed by atoms with Gasteiger partial charge >= 0.3 is 0 Å². The summed E-state index contributed by atoms with van der Waals surface area (Å²) in [6.07, 6.45) is 7.72. The maximum absolute atomic E-state index is 10.1. The van der Waals surface area contributed by atoms with E-state index in [1.165, 1.54) is 31.2 Å². The molecular weight excluding hydrogens is 236 g/mol. The number of ether oxygens (including phenoxy) is 1. The largest absolute Gasteiger partial charge is 0.388 e. The maximum atomic E-state index is 10.1. The van der Waals surface area contributed by atoms with Crippen molar-refractivity contribution in [3.63, 3.8) is 0 Å². The molecule has 1 aromatic carbocycles. The summed E-state index contributed by atoms with van der Waals surface area (Å²) in [4.78, 5) is 0. The molecule has 0 saturated heterocycles. The van der Waals surface area contributed by atoms with Crippen molar-refractivity contribution in [1.29, 1.82) is 0 Å². The van der Waals surface area contributed by atoms with Crippen LogP contribution in [0.1, 0.15) is 62.7 Å². The van der Waals surface area contributed by atoms with Gasteiger partial charge in [0.1, 0.15) is 0 Å². The Balaban J connectivity index is 2.29. The van der Waals surface area contributed by atoms with Crippen LogP contribution in [0.15, 0.2) is 24.3 Å². The Labute approximate surface area is 117 Å². The number of unbranched alkanes of at least 4 members (excludes halogenated alkanes) is 4. The van der Waals surface area contributed by atoms with Crippen LogP contribution in [0.5, 0.6) is 0 Å². The summed E-state index contributed by atoms with van der Waals surface area (Å²) >= 11 is 0. The van der Waals surface area contributed by atoms with E-state index in [4.69, 9.17) is 4.74 Å². The van der Waals surface area contributed by atoms with E-state index in [0.717, 1.165) is 31.4 Å². The van der Waals surface area contributed by atoms with Gasteiger partial charge in [0.15, 0.2) is 0 Å². The van der Waals surface area contributed by atoms with Crippen molar-refractivity contribution in [2.75, 3.05) is 13.7 Å². The first kappa shape index (κ1) is 16.2. The lowest BCUT2D eigenvalue weighted by atomic mass is 10.0. The van der Waals surface area contributed by atoms with Crippen molar-refractivity contribution in [1.82, 2.24) is 0 Å². The summed E-state index contributed by atoms with van der Waals surface area (Å²) in [6.45, 7) is 2.97. The summed E-state index contributed by atoms with van der Waals surface area (Å²) in [5, 5.41) is 10.1. The summed E-state index contributed by atoms with van der Waals surface area (Å²) < 4.78 is 5.06. The Kier molecular flexibility index (Phi) is 8.52. The van der Waals surface area contributed by atoms with Crippen LogP contribution < -0.4 is 0 Å². The van der Waals surface area contributed by atoms with Crippen LogP contribution in [-0.4, -0.2) is 18.8 Å². The van der Waals surface area contributed by atoms with Crippen LogP contribution in [-0.2, 0) is 11.2 Å². The van der Waals surface area contributed by atoms with E-state index in [0.29, 0.717) is 0 Å². The van der Waals surface area contributed by atoms with Crippen molar-refractivity contribution in [2.45, 2.75) is 58.0 Å². The van der Waals surface area contributed by atoms with E-state index in [9.17, 15) is 5.11 Å². The molecule has 108 valence electrons. The molecule has 19 heavy (non-hydrogen) atoms. The molecule has 1 aromatic rings. The lowest BCUT2D eigenvalue weighted by Gasteiger charge is -2.11. The summed E-state index contributed by atoms with van der Waals surface area (Å²) in [7, 11) is 1.72. The Hall–Kier alpha value is -0.860. The molecule has 0 fully saturated rings. The number of methoxy groups -OCH3 is 1. The molecule has 0 aliphatic rings. The predicted molar refractivity (Wildman–Crippen MR) is 80.4 cm³/mol. The van der Waals surface area contributed by atoms with Gasteiger partial charge in [-0.3, -0.25) is 0 Å². The van der Waals surface area contributed by atoms with Gasteiger partial charge in [-0.15, -0.1) is 0 Å². The zero-order chi connectivity index (χ0) is 13.9. The molecule has 0 heterocycles. The minimum atomic E-state index is -0.307. The molecule has 0 amide bonds. The standard InChI is InChI=1S/C17H28O2/c1-3-4-5-6-7-8-17(18)16-11-9-15(10-12-16)13-14-19-2/h9-12,17-18H,3-8,13-14H2,1-2H3. The molecule has 0 bridgehead atoms. The quantitative estimate of drug-likeness (QED) is 0.639. The first-order valence-corrected chi connectivity index (χ1v) is 7.53. The lowest BCUT2D eigenvalue weighted by Crippen LogP contribution is -1.99. The third kappa shape index (κ3) is 6.74. The smallest absolute Gasteiger partial charge is 0.0790 e. The fraction of sp³-hybridized carbons (Fsp3) is 0.647. The van der Waals surface area contributed by atoms with Gasteiger partial charge in [-0.2, -0.15) is 0 Å². The van der Waals surface area contributed by atoms with Crippen molar-refractivity contribution >= 4 is 0 Å². The van der Waals surface area contributed by atoms with Crippen molar-refractivity contribution in [3.8, 4) is 0 Å². The molecular formula is C17H28O2. The van der Waals surface area contributed by atoms with E-state index in [1.807, 2.05) is 12.1 Å². The van der Waals surface area contributed by atoms with Gasteiger partial charge in [0.25, 0.3) is 0 Å². The van der Waals surface area contributed by atoms with Crippen LogP contribution >= 0.6 is 0 Å². The predicted octanol–water partition coefficient (Wildman–Crippen LogP) is 4.27. The first-order chi connectivity index (χ1) is 9.27. The second-order valence-electron chi connectivity index (χ2n) is 5.20. The Morgan fingerprint density at radius 1 is 1.05 bits per heavy atom. The number of rotatable bonds is 10. The average molecular weight is 264 g/mol. The van der Waals surface area contributed by atoms with Gasteiger partial charge in [0.2, 0.25) is 0 Å². The normalized spacial score (nSPS) is 12.6. The minimum Gasteiger partial charge on any atom is -0.388 e. The maximum Gasteiger partial charge on any atom is 0.0790 e. The van der Waals surface area contributed by atoms with Crippen molar-refractivity contribution in [3.05, 3.63) is 35.4 Å². The second-order valence-corrected chi connectivity index (χ2v) is 5.20. The summed E-state index contributed by atoms with van der Waals surface area (Å²) in [6, 6.07) is 8.27. The molecule has 2 heteroatoms. The van der Waals surface area contributed by atoms with Crippen molar-refractivity contribution in [2.24, 2.45) is 0 Å². The first-order valence-electron chi connectivity index (χ1n) is 7.53. The van der Waals surface area contributed by atoms with Crippen LogP contribution in [0.2, 0.25) is 0 Å². The molecule has 1 N–H and O–H groups in total. The Morgan fingerprint density at radius 3 is 2.37 bits per heavy atom. The lowest BCUT2D eigenvalue weighted by molar-refractivity contribution is 0.163. The summed E-state index contributed by atoms with van der Waals surface area (Å²) in [5.41, 5.74) is 2.30. The van der Waals surface area contributed by atoms with Gasteiger partial charge in [-0.25, -0.2) is 0 Å². The third-order valence-corrected chi connectivity index (χ3v) is 3.54. The molecule has 0 spiro atoms. The molecule has 0 aliphatic carbocycles. The molecule has 0 aliphatic heterocycles.